The molecule has 0 aliphatic carbocycles. The van der Waals surface area contributed by atoms with Crippen molar-refractivity contribution in [2.75, 3.05) is 7.05 Å². The van der Waals surface area contributed by atoms with E-state index < -0.39 is 6.04 Å². The number of carbonyl (C=O) groups excluding carboxylic acids is 1. The van der Waals surface area contributed by atoms with E-state index in [1.165, 1.54) is 24.1 Å². The van der Waals surface area contributed by atoms with Crippen molar-refractivity contribution < 1.29 is 9.18 Å². The van der Waals surface area contributed by atoms with Gasteiger partial charge < -0.3 is 9.47 Å². The van der Waals surface area contributed by atoms with Gasteiger partial charge in [-0.1, -0.05) is 35.9 Å². The van der Waals surface area contributed by atoms with E-state index in [4.69, 9.17) is 11.6 Å². The van der Waals surface area contributed by atoms with Gasteiger partial charge in [0.15, 0.2) is 0 Å². The molecule has 0 radical (unpaired) electrons. The quantitative estimate of drug-likeness (QED) is 0.438. The van der Waals surface area contributed by atoms with Crippen molar-refractivity contribution >= 4 is 29.5 Å². The number of aromatic nitrogens is 1. The molecule has 0 aliphatic rings. The number of rotatable bonds is 9. The number of hydrogen-bond acceptors (Lipinski definition) is 4. The lowest BCUT2D eigenvalue weighted by Gasteiger charge is -2.25. The van der Waals surface area contributed by atoms with Crippen LogP contribution in [0.3, 0.4) is 0 Å². The first kappa shape index (κ1) is 23.9. The fourth-order valence-corrected chi connectivity index (χ4v) is 4.51. The van der Waals surface area contributed by atoms with Crippen LogP contribution >= 0.6 is 23.5 Å². The first-order valence-corrected chi connectivity index (χ1v) is 11.3. The lowest BCUT2D eigenvalue weighted by Crippen LogP contribution is -2.43. The molecule has 0 bridgehead atoms. The van der Waals surface area contributed by atoms with Gasteiger partial charge in [-0.25, -0.2) is 9.11 Å². The second-order valence-electron chi connectivity index (χ2n) is 7.47. The summed E-state index contributed by atoms with van der Waals surface area (Å²) in [6.45, 7) is 2.83. The zero-order chi connectivity index (χ0) is 23.1. The molecule has 1 unspecified atom stereocenters. The standard InChI is InChI=1S/C24H24ClFN4OS/c1-17-5-3-7-21(25)23(17)32-28-22(12-14-30-13-4-6-20(30)15-27)24(31)29(2)16-18-8-10-19(26)11-9-18/h3-11,13,22,28H,12,14,16H2,1-2H3. The number of halogens is 2. The average Bonchev–Trinajstić information content (AvgIpc) is 3.24. The van der Waals surface area contributed by atoms with Crippen LogP contribution in [0, 0.1) is 24.1 Å². The molecule has 1 aromatic heterocycles. The lowest BCUT2D eigenvalue weighted by molar-refractivity contribution is -0.132. The number of amides is 1. The van der Waals surface area contributed by atoms with Crippen LogP contribution in [0.2, 0.25) is 5.02 Å². The van der Waals surface area contributed by atoms with Gasteiger partial charge in [0.2, 0.25) is 5.91 Å². The Morgan fingerprint density at radius 3 is 2.69 bits per heavy atom. The number of benzene rings is 2. The Bertz CT molecular complexity index is 1090. The van der Waals surface area contributed by atoms with E-state index in [9.17, 15) is 14.4 Å². The molecule has 1 N–H and O–H groups in total. The van der Waals surface area contributed by atoms with E-state index >= 15 is 0 Å². The molecule has 0 fully saturated rings. The Morgan fingerprint density at radius 2 is 2.00 bits per heavy atom. The van der Waals surface area contributed by atoms with Crippen LogP contribution in [0.1, 0.15) is 23.2 Å². The molecule has 1 atom stereocenters. The Kier molecular flexibility index (Phi) is 8.34. The molecule has 2 aromatic carbocycles. The number of carbonyl (C=O) groups is 1. The lowest BCUT2D eigenvalue weighted by atomic mass is 10.1. The zero-order valence-electron chi connectivity index (χ0n) is 17.9. The molecule has 3 aromatic rings. The predicted molar refractivity (Wildman–Crippen MR) is 126 cm³/mol. The molecule has 0 saturated heterocycles. The third-order valence-electron chi connectivity index (χ3n) is 5.08. The molecule has 0 spiro atoms. The summed E-state index contributed by atoms with van der Waals surface area (Å²) in [5.41, 5.74) is 2.40. The van der Waals surface area contributed by atoms with Gasteiger partial charge in [0.1, 0.15) is 17.6 Å². The number of likely N-dealkylation sites (N-methyl/N-ethyl adjacent to an activating group) is 1. The van der Waals surface area contributed by atoms with Crippen molar-refractivity contribution in [1.29, 1.82) is 5.26 Å². The molecule has 1 heterocycles. The van der Waals surface area contributed by atoms with Gasteiger partial charge in [0.05, 0.1) is 11.1 Å². The zero-order valence-corrected chi connectivity index (χ0v) is 19.5. The second kappa shape index (κ2) is 11.2. The summed E-state index contributed by atoms with van der Waals surface area (Å²) in [6.07, 6.45) is 2.31. The summed E-state index contributed by atoms with van der Waals surface area (Å²) >= 11 is 7.68. The van der Waals surface area contributed by atoms with E-state index in [2.05, 4.69) is 10.8 Å². The van der Waals surface area contributed by atoms with Crippen LogP contribution in [0.25, 0.3) is 0 Å². The molecule has 0 saturated carbocycles. The second-order valence-corrected chi connectivity index (χ2v) is 8.72. The van der Waals surface area contributed by atoms with Crippen molar-refractivity contribution in [2.45, 2.75) is 37.4 Å². The van der Waals surface area contributed by atoms with E-state index in [1.54, 1.807) is 30.1 Å². The average molecular weight is 471 g/mol. The van der Waals surface area contributed by atoms with E-state index in [1.807, 2.05) is 42.0 Å². The van der Waals surface area contributed by atoms with Gasteiger partial charge in [-0.15, -0.1) is 0 Å². The fraction of sp³-hybridized carbons (Fsp3) is 0.250. The number of nitrogens with one attached hydrogen (secondary N) is 1. The molecule has 1 amide bonds. The van der Waals surface area contributed by atoms with Crippen molar-refractivity contribution in [1.82, 2.24) is 14.2 Å². The van der Waals surface area contributed by atoms with Crippen LogP contribution in [0.4, 0.5) is 4.39 Å². The van der Waals surface area contributed by atoms with Crippen LogP contribution in [-0.4, -0.2) is 28.5 Å². The van der Waals surface area contributed by atoms with Crippen molar-refractivity contribution in [3.8, 4) is 6.07 Å². The van der Waals surface area contributed by atoms with Crippen LogP contribution in [0.5, 0.6) is 0 Å². The predicted octanol–water partition coefficient (Wildman–Crippen LogP) is 5.17. The smallest absolute Gasteiger partial charge is 0.240 e. The fourth-order valence-electron chi connectivity index (χ4n) is 3.30. The summed E-state index contributed by atoms with van der Waals surface area (Å²) in [6, 6.07) is 17.0. The van der Waals surface area contributed by atoms with Crippen LogP contribution < -0.4 is 4.72 Å². The number of aryl methyl sites for hydroxylation is 2. The van der Waals surface area contributed by atoms with Crippen LogP contribution in [0.15, 0.2) is 65.7 Å². The van der Waals surface area contributed by atoms with Crippen molar-refractivity contribution in [3.05, 3.63) is 88.5 Å². The minimum absolute atomic E-state index is 0.0998. The van der Waals surface area contributed by atoms with Crippen molar-refractivity contribution in [3.63, 3.8) is 0 Å². The van der Waals surface area contributed by atoms with Crippen LogP contribution in [-0.2, 0) is 17.9 Å². The van der Waals surface area contributed by atoms with Gasteiger partial charge in [0.25, 0.3) is 0 Å². The minimum Gasteiger partial charge on any atom is -0.340 e. The topological polar surface area (TPSA) is 61.1 Å². The monoisotopic (exact) mass is 470 g/mol. The Balaban J connectivity index is 1.74. The number of hydrogen-bond donors (Lipinski definition) is 1. The number of nitriles is 1. The summed E-state index contributed by atoms with van der Waals surface area (Å²) in [5, 5.41) is 9.88. The van der Waals surface area contributed by atoms with Gasteiger partial charge in [-0.05, 0) is 66.8 Å². The first-order valence-electron chi connectivity index (χ1n) is 10.1. The summed E-state index contributed by atoms with van der Waals surface area (Å²) < 4.78 is 18.3. The summed E-state index contributed by atoms with van der Waals surface area (Å²) in [4.78, 5) is 15.8. The maximum Gasteiger partial charge on any atom is 0.240 e. The van der Waals surface area contributed by atoms with Gasteiger partial charge >= 0.3 is 0 Å². The maximum atomic E-state index is 13.3. The molecular weight excluding hydrogens is 447 g/mol. The molecule has 5 nitrogen and oxygen atoms in total. The third kappa shape index (κ3) is 6.13. The summed E-state index contributed by atoms with van der Waals surface area (Å²) in [7, 11) is 1.72. The van der Waals surface area contributed by atoms with E-state index in [0.717, 1.165) is 16.0 Å². The van der Waals surface area contributed by atoms with E-state index in [-0.39, 0.29) is 11.7 Å². The van der Waals surface area contributed by atoms with E-state index in [0.29, 0.717) is 30.2 Å². The highest BCUT2D eigenvalue weighted by atomic mass is 35.5. The molecule has 3 rings (SSSR count). The Hall–Kier alpha value is -2.79. The molecule has 166 valence electrons. The minimum atomic E-state index is -0.518. The Morgan fingerprint density at radius 1 is 1.25 bits per heavy atom. The first-order chi connectivity index (χ1) is 15.4. The molecular formula is C24H24ClFN4OS. The highest BCUT2D eigenvalue weighted by Crippen LogP contribution is 2.29. The van der Waals surface area contributed by atoms with Gasteiger partial charge in [-0.3, -0.25) is 4.79 Å². The van der Waals surface area contributed by atoms with Gasteiger partial charge in [0, 0.05) is 31.2 Å². The largest absolute Gasteiger partial charge is 0.340 e. The highest BCUT2D eigenvalue weighted by molar-refractivity contribution is 7.97. The maximum absolute atomic E-state index is 13.3. The SMILES string of the molecule is Cc1cccc(Cl)c1SNC(CCn1cccc1C#N)C(=O)N(C)Cc1ccc(F)cc1. The number of nitrogens with zero attached hydrogens (tertiary/aromatic N) is 3. The molecule has 8 heteroatoms. The van der Waals surface area contributed by atoms with Gasteiger partial charge in [-0.2, -0.15) is 5.26 Å². The highest BCUT2D eigenvalue weighted by Gasteiger charge is 2.23. The Labute approximate surface area is 196 Å². The molecule has 0 aliphatic heterocycles. The normalized spacial score (nSPS) is 11.7. The summed E-state index contributed by atoms with van der Waals surface area (Å²) in [5.74, 6) is -0.411. The molecule has 32 heavy (non-hydrogen) atoms. The van der Waals surface area contributed by atoms with Crippen molar-refractivity contribution in [2.24, 2.45) is 0 Å². The third-order valence-corrected chi connectivity index (χ3v) is 6.65.